The third-order valence-corrected chi connectivity index (χ3v) is 6.45. The Morgan fingerprint density at radius 1 is 1.06 bits per heavy atom. The summed E-state index contributed by atoms with van der Waals surface area (Å²) >= 11 is 0. The first-order chi connectivity index (χ1) is 15.9. The van der Waals surface area contributed by atoms with Crippen molar-refractivity contribution in [2.75, 3.05) is 50.9 Å². The van der Waals surface area contributed by atoms with Crippen molar-refractivity contribution in [1.29, 1.82) is 0 Å². The van der Waals surface area contributed by atoms with Gasteiger partial charge in [0.15, 0.2) is 11.5 Å². The van der Waals surface area contributed by atoms with E-state index in [2.05, 4.69) is 5.32 Å². The molecule has 1 amide bonds. The Labute approximate surface area is 192 Å². The molecule has 11 heteroatoms. The van der Waals surface area contributed by atoms with E-state index in [1.807, 2.05) is 0 Å². The van der Waals surface area contributed by atoms with Crippen LogP contribution in [0.1, 0.15) is 17.3 Å². The summed E-state index contributed by atoms with van der Waals surface area (Å²) in [4.78, 5) is 24.4. The summed E-state index contributed by atoms with van der Waals surface area (Å²) in [5.41, 5.74) is 0.474. The van der Waals surface area contributed by atoms with Gasteiger partial charge < -0.3 is 24.3 Å². The Balaban J connectivity index is 1.94. The molecule has 2 aromatic rings. The van der Waals surface area contributed by atoms with Crippen LogP contribution in [0, 0.1) is 0 Å². The van der Waals surface area contributed by atoms with Gasteiger partial charge in [0.2, 0.25) is 5.91 Å². The molecule has 0 aromatic heterocycles. The van der Waals surface area contributed by atoms with Crippen molar-refractivity contribution >= 4 is 27.6 Å². The van der Waals surface area contributed by atoms with Crippen LogP contribution in [0.15, 0.2) is 47.4 Å². The first-order valence-corrected chi connectivity index (χ1v) is 11.8. The van der Waals surface area contributed by atoms with Crippen LogP contribution in [-0.2, 0) is 24.3 Å². The number of nitrogens with one attached hydrogen (secondary N) is 1. The number of nitrogens with zero attached hydrogens (tertiary/aromatic N) is 1. The Bertz CT molecular complexity index is 1090. The van der Waals surface area contributed by atoms with Gasteiger partial charge in [-0.2, -0.15) is 0 Å². The Hall–Kier alpha value is -3.31. The first-order valence-electron chi connectivity index (χ1n) is 10.3. The summed E-state index contributed by atoms with van der Waals surface area (Å²) in [5, 5.41) is 2.61. The van der Waals surface area contributed by atoms with Crippen LogP contribution in [0.3, 0.4) is 0 Å². The van der Waals surface area contributed by atoms with Gasteiger partial charge in [0.05, 0.1) is 29.4 Å². The fourth-order valence-corrected chi connectivity index (χ4v) is 4.52. The molecule has 1 aliphatic heterocycles. The van der Waals surface area contributed by atoms with Crippen LogP contribution in [0.25, 0.3) is 0 Å². The van der Waals surface area contributed by atoms with E-state index in [1.165, 1.54) is 49.6 Å². The van der Waals surface area contributed by atoms with Gasteiger partial charge in [0.25, 0.3) is 10.0 Å². The molecule has 1 aliphatic rings. The van der Waals surface area contributed by atoms with E-state index >= 15 is 0 Å². The number of methoxy groups -OCH3 is 1. The SMILES string of the molecule is CCOC(=O)c1ccc(N(CC(=O)NCCOC)S(=O)(=O)c2ccc3c(c2)OCCO3)cc1. The van der Waals surface area contributed by atoms with E-state index in [1.54, 1.807) is 6.92 Å². The van der Waals surface area contributed by atoms with Crippen LogP contribution >= 0.6 is 0 Å². The molecule has 33 heavy (non-hydrogen) atoms. The summed E-state index contributed by atoms with van der Waals surface area (Å²) in [6.07, 6.45) is 0. The minimum absolute atomic E-state index is 0.0640. The number of benzene rings is 2. The van der Waals surface area contributed by atoms with E-state index < -0.39 is 28.4 Å². The minimum Gasteiger partial charge on any atom is -0.486 e. The topological polar surface area (TPSA) is 120 Å². The number of hydrogen-bond acceptors (Lipinski definition) is 8. The number of ether oxygens (including phenoxy) is 4. The Morgan fingerprint density at radius 2 is 1.76 bits per heavy atom. The second kappa shape index (κ2) is 11.0. The van der Waals surface area contributed by atoms with Crippen molar-refractivity contribution in [3.05, 3.63) is 48.0 Å². The largest absolute Gasteiger partial charge is 0.486 e. The summed E-state index contributed by atoms with van der Waals surface area (Å²) in [5.74, 6) is -0.280. The lowest BCUT2D eigenvalue weighted by Gasteiger charge is -2.25. The van der Waals surface area contributed by atoms with Gasteiger partial charge in [-0.3, -0.25) is 9.10 Å². The summed E-state index contributed by atoms with van der Waals surface area (Å²) < 4.78 is 48.9. The van der Waals surface area contributed by atoms with Crippen molar-refractivity contribution in [2.45, 2.75) is 11.8 Å². The van der Waals surface area contributed by atoms with E-state index in [9.17, 15) is 18.0 Å². The molecule has 0 atom stereocenters. The molecule has 0 radical (unpaired) electrons. The molecule has 0 fully saturated rings. The first kappa shape index (κ1) is 24.3. The zero-order valence-corrected chi connectivity index (χ0v) is 19.2. The molecule has 0 saturated heterocycles. The highest BCUT2D eigenvalue weighted by atomic mass is 32.2. The molecular weight excluding hydrogens is 452 g/mol. The van der Waals surface area contributed by atoms with Crippen molar-refractivity contribution in [2.24, 2.45) is 0 Å². The van der Waals surface area contributed by atoms with Gasteiger partial charge >= 0.3 is 5.97 Å². The highest BCUT2D eigenvalue weighted by Crippen LogP contribution is 2.34. The molecule has 1 N–H and O–H groups in total. The van der Waals surface area contributed by atoms with Gasteiger partial charge in [-0.05, 0) is 43.3 Å². The predicted octanol–water partition coefficient (Wildman–Crippen LogP) is 1.59. The molecule has 10 nitrogen and oxygen atoms in total. The van der Waals surface area contributed by atoms with Crippen LogP contribution in [0.2, 0.25) is 0 Å². The van der Waals surface area contributed by atoms with Gasteiger partial charge in [-0.25, -0.2) is 13.2 Å². The fourth-order valence-electron chi connectivity index (χ4n) is 3.08. The second-order valence-electron chi connectivity index (χ2n) is 6.93. The van der Waals surface area contributed by atoms with Crippen molar-refractivity contribution in [3.63, 3.8) is 0 Å². The van der Waals surface area contributed by atoms with Crippen LogP contribution in [0.5, 0.6) is 11.5 Å². The average Bonchev–Trinajstić information content (AvgIpc) is 2.82. The fraction of sp³-hybridized carbons (Fsp3) is 0.364. The molecular formula is C22H26N2O8S. The number of hydrogen-bond donors (Lipinski definition) is 1. The molecule has 0 spiro atoms. The molecule has 0 saturated carbocycles. The predicted molar refractivity (Wildman–Crippen MR) is 119 cm³/mol. The van der Waals surface area contributed by atoms with E-state index in [4.69, 9.17) is 18.9 Å². The zero-order chi connectivity index (χ0) is 23.8. The normalized spacial score (nSPS) is 12.7. The number of carbonyl (C=O) groups is 2. The molecule has 0 aliphatic carbocycles. The van der Waals surface area contributed by atoms with Gasteiger partial charge in [0, 0.05) is 19.7 Å². The number of sulfonamides is 1. The van der Waals surface area contributed by atoms with Crippen LogP contribution in [0.4, 0.5) is 5.69 Å². The highest BCUT2D eigenvalue weighted by molar-refractivity contribution is 7.92. The summed E-state index contributed by atoms with van der Waals surface area (Å²) in [6, 6.07) is 10.1. The molecule has 0 unspecified atom stereocenters. The molecule has 2 aromatic carbocycles. The lowest BCUT2D eigenvalue weighted by atomic mass is 10.2. The number of anilines is 1. The summed E-state index contributed by atoms with van der Waals surface area (Å²) in [7, 11) is -2.67. The Kier molecular flexibility index (Phi) is 8.12. The maximum atomic E-state index is 13.5. The maximum Gasteiger partial charge on any atom is 0.338 e. The quantitative estimate of drug-likeness (QED) is 0.404. The second-order valence-corrected chi connectivity index (χ2v) is 8.79. The van der Waals surface area contributed by atoms with Gasteiger partial charge in [-0.1, -0.05) is 0 Å². The van der Waals surface area contributed by atoms with Crippen molar-refractivity contribution < 1.29 is 37.0 Å². The molecule has 0 bridgehead atoms. The monoisotopic (exact) mass is 478 g/mol. The maximum absolute atomic E-state index is 13.5. The number of carbonyl (C=O) groups excluding carboxylic acids is 2. The van der Waals surface area contributed by atoms with Gasteiger partial charge in [-0.15, -0.1) is 0 Å². The van der Waals surface area contributed by atoms with Gasteiger partial charge in [0.1, 0.15) is 19.8 Å². The third-order valence-electron chi connectivity index (χ3n) is 4.68. The van der Waals surface area contributed by atoms with E-state index in [0.717, 1.165) is 4.31 Å². The van der Waals surface area contributed by atoms with Crippen molar-refractivity contribution in [1.82, 2.24) is 5.32 Å². The standard InChI is InChI=1S/C22H26N2O8S/c1-3-30-22(26)16-4-6-17(7-5-16)24(15-21(25)23-10-11-29-2)33(27,28)18-8-9-19-20(14-18)32-13-12-31-19/h4-9,14H,3,10-13,15H2,1-2H3,(H,23,25). The van der Waals surface area contributed by atoms with E-state index in [0.29, 0.717) is 24.7 Å². The highest BCUT2D eigenvalue weighted by Gasteiger charge is 2.29. The van der Waals surface area contributed by atoms with Crippen molar-refractivity contribution in [3.8, 4) is 11.5 Å². The number of rotatable bonds is 10. The number of fused-ring (bicyclic) bond motifs is 1. The summed E-state index contributed by atoms with van der Waals surface area (Å²) in [6.45, 7) is 2.63. The smallest absolute Gasteiger partial charge is 0.338 e. The average molecular weight is 479 g/mol. The molecule has 178 valence electrons. The number of esters is 1. The Morgan fingerprint density at radius 3 is 2.42 bits per heavy atom. The lowest BCUT2D eigenvalue weighted by Crippen LogP contribution is -2.41. The van der Waals surface area contributed by atoms with Crippen LogP contribution in [-0.4, -0.2) is 66.9 Å². The zero-order valence-electron chi connectivity index (χ0n) is 18.4. The van der Waals surface area contributed by atoms with E-state index in [-0.39, 0.29) is 35.9 Å². The van der Waals surface area contributed by atoms with Crippen LogP contribution < -0.4 is 19.1 Å². The lowest BCUT2D eigenvalue weighted by molar-refractivity contribution is -0.119. The minimum atomic E-state index is -4.17. The molecule has 3 rings (SSSR count). The third kappa shape index (κ3) is 5.93. The molecule has 1 heterocycles. The number of amides is 1.